The molecule has 1 N–H and O–H groups in total. The van der Waals surface area contributed by atoms with Gasteiger partial charge in [-0.2, -0.15) is 0 Å². The molecular weight excluding hydrogens is 246 g/mol. The maximum Gasteiger partial charge on any atom is 0.152 e. The van der Waals surface area contributed by atoms with Crippen molar-refractivity contribution in [3.63, 3.8) is 0 Å². The van der Waals surface area contributed by atoms with E-state index in [9.17, 15) is 8.42 Å². The van der Waals surface area contributed by atoms with Crippen molar-refractivity contribution in [2.75, 3.05) is 16.8 Å². The Bertz CT molecular complexity index is 428. The molecule has 0 fully saturated rings. The van der Waals surface area contributed by atoms with Crippen molar-refractivity contribution >= 4 is 27.1 Å². The van der Waals surface area contributed by atoms with E-state index in [2.05, 4.69) is 5.32 Å². The van der Waals surface area contributed by atoms with Crippen molar-refractivity contribution in [3.05, 3.63) is 29.3 Å². The summed E-state index contributed by atoms with van der Waals surface area (Å²) < 4.78 is 22.8. The van der Waals surface area contributed by atoms with Crippen molar-refractivity contribution in [1.82, 2.24) is 0 Å². The van der Waals surface area contributed by atoms with Crippen LogP contribution in [0.3, 0.4) is 0 Å². The summed E-state index contributed by atoms with van der Waals surface area (Å²) in [6, 6.07) is 7.09. The fraction of sp³-hybridized carbons (Fsp3) is 0.455. The monoisotopic (exact) mass is 261 g/mol. The van der Waals surface area contributed by atoms with Gasteiger partial charge in [-0.15, -0.1) is 0 Å². The minimum atomic E-state index is -2.94. The maximum absolute atomic E-state index is 11.4. The number of sulfone groups is 1. The van der Waals surface area contributed by atoms with Crippen LogP contribution in [0.1, 0.15) is 13.8 Å². The zero-order chi connectivity index (χ0) is 12.2. The largest absolute Gasteiger partial charge is 0.382 e. The Labute approximate surface area is 102 Å². The molecule has 16 heavy (non-hydrogen) atoms. The molecule has 3 nitrogen and oxygen atoms in total. The van der Waals surface area contributed by atoms with Crippen molar-refractivity contribution < 1.29 is 8.42 Å². The lowest BCUT2D eigenvalue weighted by atomic mass is 10.3. The summed E-state index contributed by atoms with van der Waals surface area (Å²) in [7, 11) is -2.94. The van der Waals surface area contributed by atoms with Gasteiger partial charge < -0.3 is 5.32 Å². The highest BCUT2D eigenvalue weighted by molar-refractivity contribution is 7.91. The Morgan fingerprint density at radius 2 is 1.88 bits per heavy atom. The number of halogens is 1. The van der Waals surface area contributed by atoms with Crippen LogP contribution in [0.2, 0.25) is 5.02 Å². The first kappa shape index (κ1) is 13.3. The maximum atomic E-state index is 11.4. The Morgan fingerprint density at radius 3 is 2.38 bits per heavy atom. The second-order valence-corrected chi connectivity index (χ2v) is 6.59. The van der Waals surface area contributed by atoms with Crippen molar-refractivity contribution in [3.8, 4) is 0 Å². The predicted molar refractivity (Wildman–Crippen MR) is 68.9 cm³/mol. The summed E-state index contributed by atoms with van der Waals surface area (Å²) in [5, 5.41) is 3.79. The summed E-state index contributed by atoms with van der Waals surface area (Å²) in [6.45, 7) is 3.51. The van der Waals surface area contributed by atoms with Gasteiger partial charge in [-0.1, -0.05) is 18.5 Å². The van der Waals surface area contributed by atoms with Crippen LogP contribution in [0, 0.1) is 0 Å². The Kier molecular flexibility index (Phi) is 4.62. The first-order valence-electron chi connectivity index (χ1n) is 5.15. The number of nitrogens with one attached hydrogen (secondary N) is 1. The molecule has 90 valence electrons. The minimum Gasteiger partial charge on any atom is -0.382 e. The molecule has 0 spiro atoms. The molecule has 0 aromatic heterocycles. The third kappa shape index (κ3) is 4.41. The van der Waals surface area contributed by atoms with Crippen LogP contribution in [-0.4, -0.2) is 26.0 Å². The van der Waals surface area contributed by atoms with Gasteiger partial charge in [0.25, 0.3) is 0 Å². The van der Waals surface area contributed by atoms with Crippen LogP contribution in [0.4, 0.5) is 5.69 Å². The lowest BCUT2D eigenvalue weighted by Gasteiger charge is -2.14. The van der Waals surface area contributed by atoms with Crippen LogP contribution in [0.15, 0.2) is 24.3 Å². The lowest BCUT2D eigenvalue weighted by molar-refractivity contribution is 0.593. The predicted octanol–water partition coefficient (Wildman–Crippen LogP) is 2.58. The van der Waals surface area contributed by atoms with Crippen molar-refractivity contribution in [2.45, 2.75) is 19.9 Å². The van der Waals surface area contributed by atoms with E-state index in [1.807, 2.05) is 19.1 Å². The van der Waals surface area contributed by atoms with E-state index in [0.717, 1.165) is 5.69 Å². The average molecular weight is 262 g/mol. The molecule has 0 bridgehead atoms. The zero-order valence-corrected chi connectivity index (χ0v) is 11.0. The van der Waals surface area contributed by atoms with Crippen molar-refractivity contribution in [2.24, 2.45) is 0 Å². The number of hydrogen-bond acceptors (Lipinski definition) is 3. The van der Waals surface area contributed by atoms with Crippen LogP contribution in [0.5, 0.6) is 0 Å². The van der Waals surface area contributed by atoms with E-state index in [0.29, 0.717) is 5.02 Å². The van der Waals surface area contributed by atoms with Crippen LogP contribution in [-0.2, 0) is 9.84 Å². The summed E-state index contributed by atoms with van der Waals surface area (Å²) in [4.78, 5) is 0. The van der Waals surface area contributed by atoms with E-state index >= 15 is 0 Å². The molecule has 1 atom stereocenters. The normalized spacial score (nSPS) is 13.4. The molecule has 1 unspecified atom stereocenters. The second-order valence-electron chi connectivity index (χ2n) is 3.75. The molecule has 1 aromatic carbocycles. The molecule has 0 saturated heterocycles. The second kappa shape index (κ2) is 5.55. The van der Waals surface area contributed by atoms with E-state index < -0.39 is 9.84 Å². The third-order valence-corrected chi connectivity index (χ3v) is 4.34. The highest BCUT2D eigenvalue weighted by Gasteiger charge is 2.13. The average Bonchev–Trinajstić information content (AvgIpc) is 2.21. The molecule has 0 aliphatic carbocycles. The number of hydrogen-bond donors (Lipinski definition) is 1. The molecule has 5 heteroatoms. The van der Waals surface area contributed by atoms with Crippen LogP contribution in [0.25, 0.3) is 0 Å². The molecule has 0 amide bonds. The Morgan fingerprint density at radius 1 is 1.31 bits per heavy atom. The van der Waals surface area contributed by atoms with Gasteiger partial charge in [-0.05, 0) is 31.2 Å². The van der Waals surface area contributed by atoms with Gasteiger partial charge >= 0.3 is 0 Å². The van der Waals surface area contributed by atoms with Gasteiger partial charge in [0.15, 0.2) is 9.84 Å². The van der Waals surface area contributed by atoms with E-state index in [1.54, 1.807) is 19.1 Å². The third-order valence-electron chi connectivity index (χ3n) is 2.20. The van der Waals surface area contributed by atoms with Gasteiger partial charge in [0.1, 0.15) is 0 Å². The molecule has 0 heterocycles. The molecule has 0 radical (unpaired) electrons. The smallest absolute Gasteiger partial charge is 0.152 e. The van der Waals surface area contributed by atoms with Crippen LogP contribution < -0.4 is 5.32 Å². The zero-order valence-electron chi connectivity index (χ0n) is 9.40. The van der Waals surface area contributed by atoms with Crippen molar-refractivity contribution in [1.29, 1.82) is 0 Å². The molecular formula is C11H16ClNO2S. The SMILES string of the molecule is CCS(=O)(=O)CC(C)Nc1ccc(Cl)cc1. The Balaban J connectivity index is 2.58. The van der Waals surface area contributed by atoms with E-state index in [-0.39, 0.29) is 17.5 Å². The lowest BCUT2D eigenvalue weighted by Crippen LogP contribution is -2.26. The summed E-state index contributed by atoms with van der Waals surface area (Å²) in [5.74, 6) is 0.325. The first-order valence-corrected chi connectivity index (χ1v) is 7.35. The molecule has 0 saturated carbocycles. The van der Waals surface area contributed by atoms with Crippen LogP contribution >= 0.6 is 11.6 Å². The van der Waals surface area contributed by atoms with Gasteiger partial charge in [-0.3, -0.25) is 0 Å². The minimum absolute atomic E-state index is 0.105. The quantitative estimate of drug-likeness (QED) is 0.886. The first-order chi connectivity index (χ1) is 7.43. The van der Waals surface area contributed by atoms with Gasteiger partial charge in [0, 0.05) is 22.5 Å². The molecule has 1 rings (SSSR count). The number of anilines is 1. The summed E-state index contributed by atoms with van der Waals surface area (Å²) in [6.07, 6.45) is 0. The molecule has 0 aliphatic heterocycles. The fourth-order valence-electron chi connectivity index (χ4n) is 1.37. The Hall–Kier alpha value is -0.740. The van der Waals surface area contributed by atoms with E-state index in [4.69, 9.17) is 11.6 Å². The van der Waals surface area contributed by atoms with Gasteiger partial charge in [-0.25, -0.2) is 8.42 Å². The number of benzene rings is 1. The standard InChI is InChI=1S/C11H16ClNO2S/c1-3-16(14,15)8-9(2)13-11-6-4-10(12)5-7-11/h4-7,9,13H,3,8H2,1-2H3. The number of rotatable bonds is 5. The highest BCUT2D eigenvalue weighted by atomic mass is 35.5. The topological polar surface area (TPSA) is 46.2 Å². The van der Waals surface area contributed by atoms with E-state index in [1.165, 1.54) is 0 Å². The van der Waals surface area contributed by atoms with Gasteiger partial charge in [0.2, 0.25) is 0 Å². The molecule has 1 aromatic rings. The highest BCUT2D eigenvalue weighted by Crippen LogP contribution is 2.14. The fourth-order valence-corrected chi connectivity index (χ4v) is 2.58. The summed E-state index contributed by atoms with van der Waals surface area (Å²) >= 11 is 5.75. The molecule has 0 aliphatic rings. The van der Waals surface area contributed by atoms with Gasteiger partial charge in [0.05, 0.1) is 5.75 Å². The summed E-state index contributed by atoms with van der Waals surface area (Å²) in [5.41, 5.74) is 0.878.